The molecule has 138 valence electrons. The second-order valence-corrected chi connectivity index (χ2v) is 6.77. The van der Waals surface area contributed by atoms with Crippen LogP contribution in [0.5, 0.6) is 5.75 Å². The molecule has 1 heterocycles. The molecule has 2 aromatic rings. The average molecular weight is 354 g/mol. The summed E-state index contributed by atoms with van der Waals surface area (Å²) in [7, 11) is 0. The van der Waals surface area contributed by atoms with E-state index in [4.69, 9.17) is 4.74 Å². The van der Waals surface area contributed by atoms with Gasteiger partial charge in [-0.15, -0.1) is 0 Å². The van der Waals surface area contributed by atoms with Crippen molar-refractivity contribution in [1.29, 1.82) is 0 Å². The Bertz CT molecular complexity index is 703. The van der Waals surface area contributed by atoms with E-state index in [0.29, 0.717) is 19.7 Å². The van der Waals surface area contributed by atoms with Crippen molar-refractivity contribution >= 4 is 6.03 Å². The third kappa shape index (κ3) is 4.99. The standard InChI is InChI=1S/C21H26N2O3/c1-16(7-8-17-9-11-19(24)12-10-17)22-21(25)23-13-14-26-20(15-23)18-5-3-2-4-6-18/h2-6,9-12,16,20,24H,7-8,13-15H2,1H3,(H,22,25)/t16-,20-/m1/s1. The summed E-state index contributed by atoms with van der Waals surface area (Å²) in [4.78, 5) is 14.4. The number of hydrogen-bond acceptors (Lipinski definition) is 3. The van der Waals surface area contributed by atoms with Crippen LogP contribution in [0.2, 0.25) is 0 Å². The van der Waals surface area contributed by atoms with Gasteiger partial charge >= 0.3 is 6.03 Å². The summed E-state index contributed by atoms with van der Waals surface area (Å²) in [6.07, 6.45) is 1.64. The number of rotatable bonds is 5. The monoisotopic (exact) mass is 354 g/mol. The Morgan fingerprint density at radius 3 is 2.69 bits per heavy atom. The third-order valence-corrected chi connectivity index (χ3v) is 4.70. The lowest BCUT2D eigenvalue weighted by Gasteiger charge is -2.34. The van der Waals surface area contributed by atoms with Gasteiger partial charge in [-0.25, -0.2) is 4.79 Å². The highest BCUT2D eigenvalue weighted by atomic mass is 16.5. The van der Waals surface area contributed by atoms with Gasteiger partial charge in [-0.1, -0.05) is 42.5 Å². The summed E-state index contributed by atoms with van der Waals surface area (Å²) >= 11 is 0. The van der Waals surface area contributed by atoms with E-state index in [1.807, 2.05) is 54.3 Å². The number of morpholine rings is 1. The minimum Gasteiger partial charge on any atom is -0.508 e. The normalized spacial score (nSPS) is 18.3. The number of ether oxygens (including phenoxy) is 1. The van der Waals surface area contributed by atoms with Crippen LogP contribution in [0.3, 0.4) is 0 Å². The summed E-state index contributed by atoms with van der Waals surface area (Å²) in [6.45, 7) is 3.75. The Kier molecular flexibility index (Phi) is 6.12. The number of benzene rings is 2. The maximum absolute atomic E-state index is 12.6. The van der Waals surface area contributed by atoms with E-state index in [1.165, 1.54) is 0 Å². The van der Waals surface area contributed by atoms with Crippen molar-refractivity contribution in [3.63, 3.8) is 0 Å². The average Bonchev–Trinajstić information content (AvgIpc) is 2.68. The van der Waals surface area contributed by atoms with Crippen LogP contribution in [0.25, 0.3) is 0 Å². The van der Waals surface area contributed by atoms with Gasteiger partial charge < -0.3 is 20.1 Å². The number of aryl methyl sites for hydroxylation is 1. The first-order valence-corrected chi connectivity index (χ1v) is 9.11. The number of urea groups is 1. The van der Waals surface area contributed by atoms with Gasteiger partial charge in [-0.2, -0.15) is 0 Å². The molecule has 3 rings (SSSR count). The van der Waals surface area contributed by atoms with Gasteiger partial charge in [0.25, 0.3) is 0 Å². The summed E-state index contributed by atoms with van der Waals surface area (Å²) in [6, 6.07) is 17.3. The van der Waals surface area contributed by atoms with Crippen LogP contribution in [-0.4, -0.2) is 41.8 Å². The molecule has 1 fully saturated rings. The van der Waals surface area contributed by atoms with Crippen molar-refractivity contribution in [1.82, 2.24) is 10.2 Å². The van der Waals surface area contributed by atoms with Crippen molar-refractivity contribution in [2.45, 2.75) is 31.9 Å². The van der Waals surface area contributed by atoms with Crippen molar-refractivity contribution in [2.75, 3.05) is 19.7 Å². The first-order valence-electron chi connectivity index (χ1n) is 9.11. The highest BCUT2D eigenvalue weighted by molar-refractivity contribution is 5.74. The van der Waals surface area contributed by atoms with Gasteiger partial charge in [0.05, 0.1) is 13.2 Å². The van der Waals surface area contributed by atoms with Crippen LogP contribution in [-0.2, 0) is 11.2 Å². The minimum absolute atomic E-state index is 0.0348. The van der Waals surface area contributed by atoms with Crippen molar-refractivity contribution in [3.8, 4) is 5.75 Å². The van der Waals surface area contributed by atoms with E-state index < -0.39 is 0 Å². The molecule has 1 saturated heterocycles. The number of hydrogen-bond donors (Lipinski definition) is 2. The van der Waals surface area contributed by atoms with Crippen LogP contribution < -0.4 is 5.32 Å². The lowest BCUT2D eigenvalue weighted by molar-refractivity contribution is -0.0157. The Morgan fingerprint density at radius 1 is 1.23 bits per heavy atom. The first-order chi connectivity index (χ1) is 12.6. The molecule has 1 aliphatic rings. The van der Waals surface area contributed by atoms with Crippen LogP contribution in [0.4, 0.5) is 4.79 Å². The molecular formula is C21H26N2O3. The Hall–Kier alpha value is -2.53. The lowest BCUT2D eigenvalue weighted by atomic mass is 10.1. The summed E-state index contributed by atoms with van der Waals surface area (Å²) in [5.74, 6) is 0.274. The Morgan fingerprint density at radius 2 is 1.96 bits per heavy atom. The van der Waals surface area contributed by atoms with E-state index in [-0.39, 0.29) is 23.9 Å². The molecule has 2 atom stereocenters. The summed E-state index contributed by atoms with van der Waals surface area (Å²) < 4.78 is 5.82. The van der Waals surface area contributed by atoms with Crippen molar-refractivity contribution < 1.29 is 14.6 Å². The Labute approximate surface area is 154 Å². The molecular weight excluding hydrogens is 328 g/mol. The molecule has 0 radical (unpaired) electrons. The van der Waals surface area contributed by atoms with Crippen LogP contribution in [0.15, 0.2) is 54.6 Å². The number of aromatic hydroxyl groups is 1. The molecule has 2 amide bonds. The number of nitrogens with one attached hydrogen (secondary N) is 1. The smallest absolute Gasteiger partial charge is 0.317 e. The highest BCUT2D eigenvalue weighted by Crippen LogP contribution is 2.22. The molecule has 2 aromatic carbocycles. The zero-order valence-electron chi connectivity index (χ0n) is 15.1. The Balaban J connectivity index is 1.48. The highest BCUT2D eigenvalue weighted by Gasteiger charge is 2.25. The number of phenols is 1. The summed E-state index contributed by atoms with van der Waals surface area (Å²) in [5, 5.41) is 12.4. The van der Waals surface area contributed by atoms with Crippen molar-refractivity contribution in [2.24, 2.45) is 0 Å². The number of carbonyl (C=O) groups excluding carboxylic acids is 1. The second-order valence-electron chi connectivity index (χ2n) is 6.77. The zero-order chi connectivity index (χ0) is 18.4. The summed E-state index contributed by atoms with van der Waals surface area (Å²) in [5.41, 5.74) is 2.25. The number of amides is 2. The number of carbonyl (C=O) groups is 1. The number of phenolic OH excluding ortho intramolecular Hbond substituents is 1. The molecule has 5 nitrogen and oxygen atoms in total. The van der Waals surface area contributed by atoms with Crippen LogP contribution in [0, 0.1) is 0 Å². The van der Waals surface area contributed by atoms with Gasteiger partial charge in [-0.05, 0) is 43.0 Å². The third-order valence-electron chi connectivity index (χ3n) is 4.70. The van der Waals surface area contributed by atoms with Crippen LogP contribution >= 0.6 is 0 Å². The fraction of sp³-hybridized carbons (Fsp3) is 0.381. The SMILES string of the molecule is C[C@H](CCc1ccc(O)cc1)NC(=O)N1CCO[C@@H](c2ccccc2)C1. The first kappa shape index (κ1) is 18.3. The molecule has 26 heavy (non-hydrogen) atoms. The molecule has 0 spiro atoms. The predicted octanol–water partition coefficient (Wildman–Crippen LogP) is 3.50. The second kappa shape index (κ2) is 8.72. The fourth-order valence-corrected chi connectivity index (χ4v) is 3.12. The fourth-order valence-electron chi connectivity index (χ4n) is 3.12. The van der Waals surface area contributed by atoms with Crippen LogP contribution in [0.1, 0.15) is 30.6 Å². The van der Waals surface area contributed by atoms with Gasteiger partial charge in [0.2, 0.25) is 0 Å². The van der Waals surface area contributed by atoms with Crippen molar-refractivity contribution in [3.05, 3.63) is 65.7 Å². The molecule has 0 aliphatic carbocycles. The molecule has 5 heteroatoms. The largest absolute Gasteiger partial charge is 0.508 e. The van der Waals surface area contributed by atoms with E-state index in [2.05, 4.69) is 5.32 Å². The quantitative estimate of drug-likeness (QED) is 0.864. The predicted molar refractivity (Wildman–Crippen MR) is 101 cm³/mol. The van der Waals surface area contributed by atoms with Gasteiger partial charge in [0.1, 0.15) is 11.9 Å². The molecule has 1 aliphatic heterocycles. The topological polar surface area (TPSA) is 61.8 Å². The minimum atomic E-state index is -0.0667. The molecule has 0 saturated carbocycles. The van der Waals surface area contributed by atoms with Gasteiger partial charge in [-0.3, -0.25) is 0 Å². The van der Waals surface area contributed by atoms with Gasteiger partial charge in [0, 0.05) is 12.6 Å². The zero-order valence-corrected chi connectivity index (χ0v) is 15.1. The molecule has 0 bridgehead atoms. The maximum atomic E-state index is 12.6. The van der Waals surface area contributed by atoms with Gasteiger partial charge in [0.15, 0.2) is 0 Å². The van der Waals surface area contributed by atoms with E-state index >= 15 is 0 Å². The van der Waals surface area contributed by atoms with E-state index in [1.54, 1.807) is 12.1 Å². The molecule has 0 aromatic heterocycles. The molecule has 0 unspecified atom stereocenters. The number of nitrogens with zero attached hydrogens (tertiary/aromatic N) is 1. The van der Waals surface area contributed by atoms with E-state index in [9.17, 15) is 9.90 Å². The molecule has 2 N–H and O–H groups in total. The van der Waals surface area contributed by atoms with E-state index in [0.717, 1.165) is 24.0 Å². The lowest BCUT2D eigenvalue weighted by Crippen LogP contribution is -2.49. The maximum Gasteiger partial charge on any atom is 0.317 e.